The molecule has 3 N–H and O–H groups in total. The van der Waals surface area contributed by atoms with E-state index in [4.69, 9.17) is 23.7 Å². The monoisotopic (exact) mass is 1110 g/mol. The number of rotatable bonds is 55. The summed E-state index contributed by atoms with van der Waals surface area (Å²) in [6.45, 7) is 5.87. The quantitative estimate of drug-likeness (QED) is 0.0228. The van der Waals surface area contributed by atoms with E-state index in [-0.39, 0.29) is 25.9 Å². The molecule has 1 aliphatic heterocycles. The van der Waals surface area contributed by atoms with E-state index in [0.717, 1.165) is 116 Å². The van der Waals surface area contributed by atoms with Crippen molar-refractivity contribution in [1.82, 2.24) is 0 Å². The molecule has 6 atom stereocenters. The second-order valence-corrected chi connectivity index (χ2v) is 22.0. The van der Waals surface area contributed by atoms with Crippen molar-refractivity contribution in [1.29, 1.82) is 0 Å². The van der Waals surface area contributed by atoms with Crippen molar-refractivity contribution in [2.45, 2.75) is 327 Å². The van der Waals surface area contributed by atoms with E-state index in [2.05, 4.69) is 81.5 Å². The van der Waals surface area contributed by atoms with Crippen molar-refractivity contribution < 1.29 is 58.2 Å². The second kappa shape index (κ2) is 55.0. The number of aliphatic carboxylic acids is 1. The van der Waals surface area contributed by atoms with Crippen LogP contribution in [-0.4, -0.2) is 89.2 Å². The fourth-order valence-electron chi connectivity index (χ4n) is 9.65. The number of carboxylic acid groups (broad SMARTS) is 1. The minimum Gasteiger partial charge on any atom is -0.479 e. The maximum atomic E-state index is 13.2. The molecule has 1 saturated heterocycles. The van der Waals surface area contributed by atoms with Gasteiger partial charge in [-0.15, -0.1) is 0 Å². The lowest BCUT2D eigenvalue weighted by atomic mass is 9.98. The van der Waals surface area contributed by atoms with E-state index in [1.54, 1.807) is 0 Å². The van der Waals surface area contributed by atoms with E-state index < -0.39 is 67.3 Å². The van der Waals surface area contributed by atoms with Gasteiger partial charge in [0.1, 0.15) is 18.8 Å². The second-order valence-electron chi connectivity index (χ2n) is 22.0. The normalized spacial score (nSPS) is 18.2. The highest BCUT2D eigenvalue weighted by molar-refractivity contribution is 5.74. The molecule has 456 valence electrons. The van der Waals surface area contributed by atoms with Gasteiger partial charge in [0.15, 0.2) is 24.6 Å². The molecular weight excluding hydrogens is 997 g/mol. The van der Waals surface area contributed by atoms with Crippen molar-refractivity contribution in [3.63, 3.8) is 0 Å². The van der Waals surface area contributed by atoms with Crippen molar-refractivity contribution in [2.75, 3.05) is 13.2 Å². The van der Waals surface area contributed by atoms with Crippen LogP contribution in [0.15, 0.2) is 60.8 Å². The van der Waals surface area contributed by atoms with Crippen LogP contribution in [0.3, 0.4) is 0 Å². The number of ether oxygens (including phenoxy) is 5. The van der Waals surface area contributed by atoms with E-state index in [1.165, 1.54) is 116 Å². The third-order valence-electron chi connectivity index (χ3n) is 14.6. The van der Waals surface area contributed by atoms with Crippen LogP contribution in [0.4, 0.5) is 0 Å². The SMILES string of the molecule is CC/C=C\C/C=C\C/C=C\CCCCCCCC(=O)OC(COC(=O)CCCCCCCCC/C=C\C/C=C\CCCCC)COC1OC(C(=O)O)C(O)C(O)C1OC(=O)CCCCCCCCCCCCCCCCCCC. The van der Waals surface area contributed by atoms with Crippen LogP contribution in [-0.2, 0) is 42.9 Å². The first kappa shape index (κ1) is 73.4. The Labute approximate surface area is 481 Å². The Morgan fingerprint density at radius 2 is 0.797 bits per heavy atom. The number of carbonyl (C=O) groups is 4. The molecule has 0 radical (unpaired) electrons. The maximum absolute atomic E-state index is 13.2. The fraction of sp³-hybridized carbons (Fsp3) is 0.791. The number of unbranched alkanes of at least 4 members (excludes halogenated alkanes) is 31. The average molecular weight is 1110 g/mol. The summed E-state index contributed by atoms with van der Waals surface area (Å²) in [6, 6.07) is 0. The molecule has 0 saturated carbocycles. The zero-order valence-corrected chi connectivity index (χ0v) is 50.4. The molecule has 6 unspecified atom stereocenters. The number of hydrogen-bond acceptors (Lipinski definition) is 11. The molecule has 0 aliphatic carbocycles. The Balaban J connectivity index is 2.66. The molecule has 1 fully saturated rings. The molecule has 0 aromatic heterocycles. The van der Waals surface area contributed by atoms with Gasteiger partial charge < -0.3 is 39.0 Å². The molecule has 0 amide bonds. The first-order chi connectivity index (χ1) is 38.6. The van der Waals surface area contributed by atoms with Gasteiger partial charge in [-0.3, -0.25) is 14.4 Å². The Morgan fingerprint density at radius 3 is 1.24 bits per heavy atom. The van der Waals surface area contributed by atoms with Gasteiger partial charge in [-0.1, -0.05) is 248 Å². The first-order valence-corrected chi connectivity index (χ1v) is 32.3. The van der Waals surface area contributed by atoms with Crippen LogP contribution in [0.25, 0.3) is 0 Å². The molecule has 0 spiro atoms. The van der Waals surface area contributed by atoms with Crippen LogP contribution in [0, 0.1) is 0 Å². The molecule has 1 aliphatic rings. The Hall–Kier alpha value is -3.58. The minimum atomic E-state index is -1.91. The average Bonchev–Trinajstić information content (AvgIpc) is 3.46. The largest absolute Gasteiger partial charge is 0.479 e. The van der Waals surface area contributed by atoms with Gasteiger partial charge >= 0.3 is 23.9 Å². The number of aliphatic hydroxyl groups excluding tert-OH is 2. The standard InChI is InChI=1S/C67H116O12/c1-4-7-10-13-16-19-22-25-28-30-33-35-38-41-44-47-50-53-59(68)75-56-58(77-60(69)54-51-48-45-42-39-36-32-27-24-21-18-15-12-9-6-3)57-76-67-65(63(72)62(71)64(79-67)66(73)74)78-61(70)55-52-49-46-43-40-37-34-31-29-26-23-20-17-14-11-8-5-2/h9,12,16,18-19,21,25,27-28,32,58,62-65,67,71-72H,4-8,10-11,13-15,17,20,22-24,26,29-31,33-57H2,1-3H3,(H,73,74)/b12-9-,19-16-,21-18-,28-25-,32-27-. The van der Waals surface area contributed by atoms with Gasteiger partial charge in [0, 0.05) is 19.3 Å². The van der Waals surface area contributed by atoms with Gasteiger partial charge in [0.25, 0.3) is 0 Å². The van der Waals surface area contributed by atoms with Gasteiger partial charge in [0.2, 0.25) is 0 Å². The molecule has 12 heteroatoms. The summed E-state index contributed by atoms with van der Waals surface area (Å²) < 4.78 is 28.5. The summed E-state index contributed by atoms with van der Waals surface area (Å²) in [4.78, 5) is 51.3. The lowest BCUT2D eigenvalue weighted by Crippen LogP contribution is -2.61. The number of carboxylic acids is 1. The third kappa shape index (κ3) is 44.7. The molecular formula is C67H116O12. The number of carbonyl (C=O) groups excluding carboxylic acids is 3. The summed E-state index contributed by atoms with van der Waals surface area (Å²) in [5, 5.41) is 31.6. The van der Waals surface area contributed by atoms with Crippen LogP contribution in [0.1, 0.15) is 290 Å². The number of hydrogen-bond donors (Lipinski definition) is 3. The van der Waals surface area contributed by atoms with E-state index in [0.29, 0.717) is 19.3 Å². The van der Waals surface area contributed by atoms with Gasteiger partial charge in [0.05, 0.1) is 6.61 Å². The van der Waals surface area contributed by atoms with Gasteiger partial charge in [-0.25, -0.2) is 4.79 Å². The first-order valence-electron chi connectivity index (χ1n) is 32.3. The zero-order chi connectivity index (χ0) is 57.5. The molecule has 12 nitrogen and oxygen atoms in total. The minimum absolute atomic E-state index is 0.0608. The van der Waals surface area contributed by atoms with Gasteiger partial charge in [-0.2, -0.15) is 0 Å². The smallest absolute Gasteiger partial charge is 0.335 e. The summed E-state index contributed by atoms with van der Waals surface area (Å²) in [5.74, 6) is -3.13. The van der Waals surface area contributed by atoms with E-state index in [1.807, 2.05) is 0 Å². The zero-order valence-electron chi connectivity index (χ0n) is 50.4. The van der Waals surface area contributed by atoms with Crippen LogP contribution >= 0.6 is 0 Å². The predicted molar refractivity (Wildman–Crippen MR) is 322 cm³/mol. The highest BCUT2D eigenvalue weighted by atomic mass is 16.7. The summed E-state index contributed by atoms with van der Waals surface area (Å²) >= 11 is 0. The molecule has 1 heterocycles. The van der Waals surface area contributed by atoms with Crippen molar-refractivity contribution in [3.05, 3.63) is 60.8 Å². The molecule has 0 bridgehead atoms. The Morgan fingerprint density at radius 1 is 0.430 bits per heavy atom. The fourth-order valence-corrected chi connectivity index (χ4v) is 9.65. The van der Waals surface area contributed by atoms with E-state index >= 15 is 0 Å². The molecule has 79 heavy (non-hydrogen) atoms. The summed E-state index contributed by atoms with van der Waals surface area (Å²) in [5.41, 5.74) is 0. The van der Waals surface area contributed by atoms with E-state index in [9.17, 15) is 34.5 Å². The van der Waals surface area contributed by atoms with Crippen molar-refractivity contribution >= 4 is 23.9 Å². The lowest BCUT2D eigenvalue weighted by Gasteiger charge is -2.40. The third-order valence-corrected chi connectivity index (χ3v) is 14.6. The predicted octanol–water partition coefficient (Wildman–Crippen LogP) is 17.1. The van der Waals surface area contributed by atoms with Crippen LogP contribution < -0.4 is 0 Å². The Bertz CT molecular complexity index is 1600. The highest BCUT2D eigenvalue weighted by Gasteiger charge is 2.50. The summed E-state index contributed by atoms with van der Waals surface area (Å²) in [7, 11) is 0. The lowest BCUT2D eigenvalue weighted by molar-refractivity contribution is -0.301. The molecule has 1 rings (SSSR count). The van der Waals surface area contributed by atoms with Crippen molar-refractivity contribution in [2.24, 2.45) is 0 Å². The van der Waals surface area contributed by atoms with Crippen molar-refractivity contribution in [3.8, 4) is 0 Å². The molecule has 0 aromatic carbocycles. The Kier molecular flexibility index (Phi) is 51.1. The number of allylic oxidation sites excluding steroid dienone is 10. The number of esters is 3. The van der Waals surface area contributed by atoms with Crippen LogP contribution in [0.2, 0.25) is 0 Å². The van der Waals surface area contributed by atoms with Gasteiger partial charge in [-0.05, 0) is 83.5 Å². The topological polar surface area (TPSA) is 175 Å². The number of aliphatic hydroxyl groups is 2. The summed E-state index contributed by atoms with van der Waals surface area (Å²) in [6.07, 6.45) is 56.0. The van der Waals surface area contributed by atoms with Crippen LogP contribution in [0.5, 0.6) is 0 Å². The molecule has 0 aromatic rings. The highest BCUT2D eigenvalue weighted by Crippen LogP contribution is 2.27. The maximum Gasteiger partial charge on any atom is 0.335 e.